The number of hydrogen-bond donors (Lipinski definition) is 0. The predicted molar refractivity (Wildman–Crippen MR) is 71.6 cm³/mol. The van der Waals surface area contributed by atoms with Crippen molar-refractivity contribution in [3.63, 3.8) is 0 Å². The summed E-state index contributed by atoms with van der Waals surface area (Å²) < 4.78 is 0. The molecule has 0 bridgehead atoms. The molecule has 1 unspecified atom stereocenters. The third-order valence-corrected chi connectivity index (χ3v) is 3.39. The van der Waals surface area contributed by atoms with Gasteiger partial charge in [-0.25, -0.2) is 0 Å². The number of benzene rings is 1. The van der Waals surface area contributed by atoms with Gasteiger partial charge in [-0.15, -0.1) is 0 Å². The van der Waals surface area contributed by atoms with Gasteiger partial charge in [-0.1, -0.05) is 37.3 Å². The fraction of sp³-hybridized carbons (Fsp3) is 0.188. The van der Waals surface area contributed by atoms with Crippen LogP contribution in [0.2, 0.25) is 0 Å². The molecule has 0 fully saturated rings. The molecule has 17 heavy (non-hydrogen) atoms. The Morgan fingerprint density at radius 1 is 1.18 bits per heavy atom. The van der Waals surface area contributed by atoms with Crippen molar-refractivity contribution in [2.24, 2.45) is 0 Å². The van der Waals surface area contributed by atoms with Crippen LogP contribution in [0.25, 0.3) is 11.6 Å². The minimum atomic E-state index is 0.633. The van der Waals surface area contributed by atoms with Gasteiger partial charge < -0.3 is 0 Å². The highest BCUT2D eigenvalue weighted by molar-refractivity contribution is 5.85. The summed E-state index contributed by atoms with van der Waals surface area (Å²) in [5, 5.41) is 0. The van der Waals surface area contributed by atoms with Crippen molar-refractivity contribution in [3.05, 3.63) is 65.5 Å². The van der Waals surface area contributed by atoms with Gasteiger partial charge in [-0.3, -0.25) is 4.98 Å². The Morgan fingerprint density at radius 3 is 2.88 bits per heavy atom. The highest BCUT2D eigenvalue weighted by atomic mass is 14.6. The molecule has 0 saturated heterocycles. The molecule has 1 aliphatic rings. The Labute approximate surface area is 102 Å². The normalized spacial score (nSPS) is 20.5. The van der Waals surface area contributed by atoms with Crippen LogP contribution in [-0.2, 0) is 0 Å². The highest BCUT2D eigenvalue weighted by Crippen LogP contribution is 2.41. The van der Waals surface area contributed by atoms with Gasteiger partial charge in [0.05, 0.1) is 0 Å². The molecule has 0 amide bonds. The smallest absolute Gasteiger partial charge is 0.0340 e. The average Bonchev–Trinajstić information content (AvgIpc) is 2.69. The quantitative estimate of drug-likeness (QED) is 0.705. The maximum absolute atomic E-state index is 4.16. The van der Waals surface area contributed by atoms with Crippen LogP contribution in [0.15, 0.2) is 48.8 Å². The van der Waals surface area contributed by atoms with Crippen LogP contribution in [0.3, 0.4) is 0 Å². The van der Waals surface area contributed by atoms with Gasteiger partial charge in [0.25, 0.3) is 0 Å². The van der Waals surface area contributed by atoms with Gasteiger partial charge in [0, 0.05) is 12.4 Å². The van der Waals surface area contributed by atoms with Gasteiger partial charge in [0.1, 0.15) is 0 Å². The zero-order valence-electron chi connectivity index (χ0n) is 9.93. The molecule has 1 aromatic heterocycles. The van der Waals surface area contributed by atoms with E-state index in [-0.39, 0.29) is 0 Å². The molecule has 1 heterocycles. The van der Waals surface area contributed by atoms with E-state index < -0.39 is 0 Å². The first-order valence-corrected chi connectivity index (χ1v) is 6.04. The number of hydrogen-bond acceptors (Lipinski definition) is 1. The third-order valence-electron chi connectivity index (χ3n) is 3.39. The van der Waals surface area contributed by atoms with E-state index in [1.54, 1.807) is 0 Å². The lowest BCUT2D eigenvalue weighted by atomic mass is 10.0. The molecule has 0 saturated carbocycles. The Hall–Kier alpha value is -1.89. The SMILES string of the molecule is CC1CC(=Cc2cccnc2)c2ccccc21. The number of allylic oxidation sites excluding steroid dienone is 1. The summed E-state index contributed by atoms with van der Waals surface area (Å²) in [4.78, 5) is 4.16. The molecular formula is C16H15N. The number of aromatic nitrogens is 1. The first-order chi connectivity index (χ1) is 8.34. The summed E-state index contributed by atoms with van der Waals surface area (Å²) in [6.45, 7) is 2.29. The van der Waals surface area contributed by atoms with Crippen LogP contribution in [0.5, 0.6) is 0 Å². The van der Waals surface area contributed by atoms with E-state index in [0.29, 0.717) is 5.92 Å². The van der Waals surface area contributed by atoms with E-state index in [1.807, 2.05) is 18.5 Å². The second kappa shape index (κ2) is 4.17. The largest absolute Gasteiger partial charge is 0.264 e. The average molecular weight is 221 g/mol. The topological polar surface area (TPSA) is 12.9 Å². The standard InChI is InChI=1S/C16H15N/c1-12-9-14(10-13-5-4-8-17-11-13)16-7-3-2-6-15(12)16/h2-8,10-12H,9H2,1H3. The second-order valence-electron chi connectivity index (χ2n) is 4.65. The summed E-state index contributed by atoms with van der Waals surface area (Å²) in [6.07, 6.45) is 7.12. The van der Waals surface area contributed by atoms with E-state index in [2.05, 4.69) is 48.3 Å². The summed E-state index contributed by atoms with van der Waals surface area (Å²) in [7, 11) is 0. The first kappa shape index (κ1) is 10.3. The summed E-state index contributed by atoms with van der Waals surface area (Å²) in [5.74, 6) is 0.633. The van der Waals surface area contributed by atoms with E-state index >= 15 is 0 Å². The molecule has 1 heteroatoms. The summed E-state index contributed by atoms with van der Waals surface area (Å²) in [6, 6.07) is 12.8. The van der Waals surface area contributed by atoms with E-state index in [9.17, 15) is 0 Å². The van der Waals surface area contributed by atoms with Crippen LogP contribution in [0.4, 0.5) is 0 Å². The zero-order chi connectivity index (χ0) is 11.7. The Bertz CT molecular complexity index is 555. The molecule has 1 nitrogen and oxygen atoms in total. The fourth-order valence-corrected chi connectivity index (χ4v) is 2.57. The molecule has 1 aromatic carbocycles. The van der Waals surface area contributed by atoms with Gasteiger partial charge in [0.15, 0.2) is 0 Å². The van der Waals surface area contributed by atoms with Crippen molar-refractivity contribution < 1.29 is 0 Å². The summed E-state index contributed by atoms with van der Waals surface area (Å²) in [5.41, 5.74) is 5.50. The maximum Gasteiger partial charge on any atom is 0.0340 e. The Balaban J connectivity index is 2.05. The molecule has 0 aliphatic heterocycles. The van der Waals surface area contributed by atoms with Crippen molar-refractivity contribution in [3.8, 4) is 0 Å². The monoisotopic (exact) mass is 221 g/mol. The molecule has 0 N–H and O–H groups in total. The minimum Gasteiger partial charge on any atom is -0.264 e. The molecule has 0 radical (unpaired) electrons. The predicted octanol–water partition coefficient (Wildman–Crippen LogP) is 4.13. The van der Waals surface area contributed by atoms with Crippen molar-refractivity contribution >= 4 is 11.6 Å². The van der Waals surface area contributed by atoms with Crippen molar-refractivity contribution in [2.45, 2.75) is 19.3 Å². The highest BCUT2D eigenvalue weighted by Gasteiger charge is 2.21. The molecule has 1 aliphatic carbocycles. The Kier molecular flexibility index (Phi) is 2.52. The van der Waals surface area contributed by atoms with Gasteiger partial charge >= 0.3 is 0 Å². The van der Waals surface area contributed by atoms with E-state index in [0.717, 1.165) is 6.42 Å². The summed E-state index contributed by atoms with van der Waals surface area (Å²) >= 11 is 0. The molecule has 3 rings (SSSR count). The lowest BCUT2D eigenvalue weighted by Crippen LogP contribution is -1.83. The van der Waals surface area contributed by atoms with Gasteiger partial charge in [-0.05, 0) is 46.7 Å². The van der Waals surface area contributed by atoms with Crippen LogP contribution in [-0.4, -0.2) is 4.98 Å². The van der Waals surface area contributed by atoms with E-state index in [4.69, 9.17) is 0 Å². The van der Waals surface area contributed by atoms with Gasteiger partial charge in [-0.2, -0.15) is 0 Å². The number of fused-ring (bicyclic) bond motifs is 1. The van der Waals surface area contributed by atoms with Gasteiger partial charge in [0.2, 0.25) is 0 Å². The van der Waals surface area contributed by atoms with Crippen LogP contribution < -0.4 is 0 Å². The molecular weight excluding hydrogens is 206 g/mol. The van der Waals surface area contributed by atoms with Crippen LogP contribution in [0.1, 0.15) is 36.0 Å². The number of nitrogens with zero attached hydrogens (tertiary/aromatic N) is 1. The van der Waals surface area contributed by atoms with Crippen molar-refractivity contribution in [1.29, 1.82) is 0 Å². The molecule has 1 atom stereocenters. The zero-order valence-corrected chi connectivity index (χ0v) is 9.93. The van der Waals surface area contributed by atoms with Crippen molar-refractivity contribution in [2.75, 3.05) is 0 Å². The molecule has 84 valence electrons. The molecule has 2 aromatic rings. The third kappa shape index (κ3) is 1.89. The number of pyridine rings is 1. The van der Waals surface area contributed by atoms with E-state index in [1.165, 1.54) is 22.3 Å². The fourth-order valence-electron chi connectivity index (χ4n) is 2.57. The lowest BCUT2D eigenvalue weighted by Gasteiger charge is -2.01. The maximum atomic E-state index is 4.16. The van der Waals surface area contributed by atoms with Crippen LogP contribution in [0, 0.1) is 0 Å². The lowest BCUT2D eigenvalue weighted by molar-refractivity contribution is 0.829. The number of rotatable bonds is 1. The molecule has 0 spiro atoms. The van der Waals surface area contributed by atoms with Crippen molar-refractivity contribution in [1.82, 2.24) is 4.98 Å². The van der Waals surface area contributed by atoms with Crippen LogP contribution >= 0.6 is 0 Å². The first-order valence-electron chi connectivity index (χ1n) is 6.04. The Morgan fingerprint density at radius 2 is 2.06 bits per heavy atom. The minimum absolute atomic E-state index is 0.633. The second-order valence-corrected chi connectivity index (χ2v) is 4.65.